The largest absolute Gasteiger partial charge is 0.452 e. The standard InChI is InChI=1S/C11H10BrNO2/c1-8-3-2-6-13(11(8)14)7-9-4-5-10(12)15-9/h2-6H,7H2,1H3. The smallest absolute Gasteiger partial charge is 0.253 e. The molecule has 0 saturated heterocycles. The first-order valence-electron chi connectivity index (χ1n) is 4.57. The Labute approximate surface area is 95.5 Å². The summed E-state index contributed by atoms with van der Waals surface area (Å²) in [5, 5.41) is 0. The Morgan fingerprint density at radius 3 is 2.87 bits per heavy atom. The third kappa shape index (κ3) is 2.21. The highest BCUT2D eigenvalue weighted by Gasteiger charge is 2.03. The monoisotopic (exact) mass is 267 g/mol. The molecule has 0 fully saturated rings. The lowest BCUT2D eigenvalue weighted by atomic mass is 10.3. The van der Waals surface area contributed by atoms with Crippen LogP contribution in [0.5, 0.6) is 0 Å². The quantitative estimate of drug-likeness (QED) is 0.839. The van der Waals surface area contributed by atoms with Gasteiger partial charge in [0.25, 0.3) is 5.56 Å². The zero-order valence-corrected chi connectivity index (χ0v) is 9.82. The number of hydrogen-bond acceptors (Lipinski definition) is 2. The molecule has 2 rings (SSSR count). The minimum atomic E-state index is 0.0185. The van der Waals surface area contributed by atoms with Crippen LogP contribution in [0.3, 0.4) is 0 Å². The second-order valence-electron chi connectivity index (χ2n) is 3.33. The molecule has 0 aliphatic carbocycles. The van der Waals surface area contributed by atoms with Crippen LogP contribution in [0.4, 0.5) is 0 Å². The molecule has 0 radical (unpaired) electrons. The molecule has 2 aromatic heterocycles. The minimum Gasteiger partial charge on any atom is -0.452 e. The number of hydrogen-bond donors (Lipinski definition) is 0. The van der Waals surface area contributed by atoms with E-state index in [1.165, 1.54) is 0 Å². The molecule has 0 bridgehead atoms. The molecule has 15 heavy (non-hydrogen) atoms. The van der Waals surface area contributed by atoms with Crippen LogP contribution in [0, 0.1) is 6.92 Å². The van der Waals surface area contributed by atoms with E-state index in [0.717, 1.165) is 11.3 Å². The summed E-state index contributed by atoms with van der Waals surface area (Å²) in [6, 6.07) is 7.32. The summed E-state index contributed by atoms with van der Waals surface area (Å²) >= 11 is 3.22. The fourth-order valence-electron chi connectivity index (χ4n) is 1.39. The maximum absolute atomic E-state index is 11.7. The average molecular weight is 268 g/mol. The second kappa shape index (κ2) is 4.06. The van der Waals surface area contributed by atoms with Crippen molar-refractivity contribution in [2.75, 3.05) is 0 Å². The second-order valence-corrected chi connectivity index (χ2v) is 4.11. The number of pyridine rings is 1. The van der Waals surface area contributed by atoms with Crippen LogP contribution >= 0.6 is 15.9 Å². The Balaban J connectivity index is 2.32. The molecule has 3 nitrogen and oxygen atoms in total. The first kappa shape index (κ1) is 10.2. The lowest BCUT2D eigenvalue weighted by Gasteiger charge is -2.03. The number of nitrogens with zero attached hydrogens (tertiary/aromatic N) is 1. The van der Waals surface area contributed by atoms with E-state index in [1.54, 1.807) is 23.8 Å². The van der Waals surface area contributed by atoms with Crippen LogP contribution in [0.25, 0.3) is 0 Å². The molecular weight excluding hydrogens is 258 g/mol. The zero-order chi connectivity index (χ0) is 10.8. The molecule has 0 amide bonds. The van der Waals surface area contributed by atoms with Gasteiger partial charge in [0, 0.05) is 11.8 Å². The molecule has 0 atom stereocenters. The summed E-state index contributed by atoms with van der Waals surface area (Å²) in [4.78, 5) is 11.7. The van der Waals surface area contributed by atoms with Crippen LogP contribution in [0.15, 0.2) is 44.3 Å². The van der Waals surface area contributed by atoms with Crippen molar-refractivity contribution in [2.45, 2.75) is 13.5 Å². The first-order chi connectivity index (χ1) is 7.16. The van der Waals surface area contributed by atoms with E-state index in [1.807, 2.05) is 18.2 Å². The number of halogens is 1. The highest BCUT2D eigenvalue weighted by molar-refractivity contribution is 9.10. The molecule has 4 heteroatoms. The van der Waals surface area contributed by atoms with Crippen molar-refractivity contribution in [2.24, 2.45) is 0 Å². The van der Waals surface area contributed by atoms with Gasteiger partial charge in [-0.3, -0.25) is 4.79 Å². The topological polar surface area (TPSA) is 35.1 Å². The third-order valence-corrected chi connectivity index (χ3v) is 2.59. The van der Waals surface area contributed by atoms with Gasteiger partial charge in [0.1, 0.15) is 5.76 Å². The lowest BCUT2D eigenvalue weighted by Crippen LogP contribution is -2.21. The summed E-state index contributed by atoms with van der Waals surface area (Å²) in [5.41, 5.74) is 0.758. The molecule has 78 valence electrons. The van der Waals surface area contributed by atoms with Gasteiger partial charge in [-0.25, -0.2) is 0 Å². The predicted molar refractivity (Wildman–Crippen MR) is 60.9 cm³/mol. The van der Waals surface area contributed by atoms with Gasteiger partial charge in [-0.15, -0.1) is 0 Å². The molecule has 2 heterocycles. The average Bonchev–Trinajstić information content (AvgIpc) is 2.59. The predicted octanol–water partition coefficient (Wildman–Crippen LogP) is 2.56. The summed E-state index contributed by atoms with van der Waals surface area (Å²) in [6.07, 6.45) is 1.76. The summed E-state index contributed by atoms with van der Waals surface area (Å²) in [6.45, 7) is 2.27. The maximum Gasteiger partial charge on any atom is 0.253 e. The SMILES string of the molecule is Cc1cccn(Cc2ccc(Br)o2)c1=O. The van der Waals surface area contributed by atoms with Crippen LogP contribution in [-0.2, 0) is 6.54 Å². The Morgan fingerprint density at radius 2 is 2.20 bits per heavy atom. The van der Waals surface area contributed by atoms with E-state index in [0.29, 0.717) is 11.2 Å². The van der Waals surface area contributed by atoms with Gasteiger partial charge in [0.15, 0.2) is 4.67 Å². The van der Waals surface area contributed by atoms with Crippen molar-refractivity contribution in [3.8, 4) is 0 Å². The molecule has 0 aromatic carbocycles. The Bertz CT molecular complexity index is 527. The number of aromatic nitrogens is 1. The van der Waals surface area contributed by atoms with Gasteiger partial charge in [0.2, 0.25) is 0 Å². The maximum atomic E-state index is 11.7. The molecular formula is C11H10BrNO2. The Kier molecular flexibility index (Phi) is 2.77. The van der Waals surface area contributed by atoms with E-state index >= 15 is 0 Å². The minimum absolute atomic E-state index is 0.0185. The van der Waals surface area contributed by atoms with Crippen molar-refractivity contribution in [1.82, 2.24) is 4.57 Å². The molecule has 0 N–H and O–H groups in total. The van der Waals surface area contributed by atoms with Crippen LogP contribution in [0.2, 0.25) is 0 Å². The summed E-state index contributed by atoms with van der Waals surface area (Å²) in [5.74, 6) is 0.759. The van der Waals surface area contributed by atoms with Crippen LogP contribution < -0.4 is 5.56 Å². The van der Waals surface area contributed by atoms with E-state index < -0.39 is 0 Å². The highest BCUT2D eigenvalue weighted by Crippen LogP contribution is 2.14. The van der Waals surface area contributed by atoms with Crippen molar-refractivity contribution in [3.05, 3.63) is 56.8 Å². The number of furan rings is 1. The summed E-state index contributed by atoms with van der Waals surface area (Å²) in [7, 11) is 0. The van der Waals surface area contributed by atoms with E-state index in [-0.39, 0.29) is 5.56 Å². The van der Waals surface area contributed by atoms with Crippen LogP contribution in [0.1, 0.15) is 11.3 Å². The van der Waals surface area contributed by atoms with Crippen molar-refractivity contribution >= 4 is 15.9 Å². The lowest BCUT2D eigenvalue weighted by molar-refractivity contribution is 0.470. The third-order valence-electron chi connectivity index (χ3n) is 2.17. The van der Waals surface area contributed by atoms with Crippen LogP contribution in [-0.4, -0.2) is 4.57 Å². The number of rotatable bonds is 2. The van der Waals surface area contributed by atoms with Gasteiger partial charge in [0.05, 0.1) is 6.54 Å². The van der Waals surface area contributed by atoms with Gasteiger partial charge in [-0.1, -0.05) is 6.07 Å². The molecule has 0 spiro atoms. The van der Waals surface area contributed by atoms with E-state index in [4.69, 9.17) is 4.42 Å². The molecule has 0 saturated carbocycles. The van der Waals surface area contributed by atoms with Crippen molar-refractivity contribution in [1.29, 1.82) is 0 Å². The fraction of sp³-hybridized carbons (Fsp3) is 0.182. The van der Waals surface area contributed by atoms with Crippen molar-refractivity contribution in [3.63, 3.8) is 0 Å². The van der Waals surface area contributed by atoms with E-state index in [2.05, 4.69) is 15.9 Å². The van der Waals surface area contributed by atoms with Gasteiger partial charge in [-0.05, 0) is 41.1 Å². The fourth-order valence-corrected chi connectivity index (χ4v) is 1.73. The Hall–Kier alpha value is -1.29. The highest BCUT2D eigenvalue weighted by atomic mass is 79.9. The zero-order valence-electron chi connectivity index (χ0n) is 8.24. The van der Waals surface area contributed by atoms with Gasteiger partial charge >= 0.3 is 0 Å². The first-order valence-corrected chi connectivity index (χ1v) is 5.36. The molecule has 2 aromatic rings. The molecule has 0 aliphatic rings. The Morgan fingerprint density at radius 1 is 1.40 bits per heavy atom. The van der Waals surface area contributed by atoms with Gasteiger partial charge < -0.3 is 8.98 Å². The summed E-state index contributed by atoms with van der Waals surface area (Å²) < 4.78 is 7.64. The van der Waals surface area contributed by atoms with Gasteiger partial charge in [-0.2, -0.15) is 0 Å². The molecule has 0 unspecified atom stereocenters. The van der Waals surface area contributed by atoms with Crippen molar-refractivity contribution < 1.29 is 4.42 Å². The normalized spacial score (nSPS) is 10.5. The number of aryl methyl sites for hydroxylation is 1. The molecule has 0 aliphatic heterocycles. The van der Waals surface area contributed by atoms with E-state index in [9.17, 15) is 4.79 Å².